The molecule has 1 aliphatic heterocycles. The Morgan fingerprint density at radius 2 is 1.95 bits per heavy atom. The van der Waals surface area contributed by atoms with Crippen molar-refractivity contribution in [3.8, 4) is 0 Å². The van der Waals surface area contributed by atoms with Gasteiger partial charge in [0.1, 0.15) is 0 Å². The summed E-state index contributed by atoms with van der Waals surface area (Å²) in [6, 6.07) is 7.46. The molecule has 1 fully saturated rings. The van der Waals surface area contributed by atoms with E-state index in [2.05, 4.69) is 0 Å². The van der Waals surface area contributed by atoms with Crippen molar-refractivity contribution in [2.45, 2.75) is 19.3 Å². The highest BCUT2D eigenvalue weighted by Gasteiger charge is 2.16. The number of hydrogen-bond acceptors (Lipinski definition) is 4. The molecule has 0 bridgehead atoms. The van der Waals surface area contributed by atoms with E-state index < -0.39 is 0 Å². The fourth-order valence-electron chi connectivity index (χ4n) is 2.16. The Balaban J connectivity index is 1.81. The maximum atomic E-state index is 11.9. The third kappa shape index (κ3) is 4.33. The lowest BCUT2D eigenvalue weighted by Gasteiger charge is -2.21. The van der Waals surface area contributed by atoms with Crippen LogP contribution in [0.2, 0.25) is 0 Å². The van der Waals surface area contributed by atoms with Crippen molar-refractivity contribution >= 4 is 5.97 Å². The molecule has 0 spiro atoms. The van der Waals surface area contributed by atoms with E-state index in [0.29, 0.717) is 24.6 Å². The van der Waals surface area contributed by atoms with Crippen LogP contribution < -0.4 is 5.73 Å². The predicted molar refractivity (Wildman–Crippen MR) is 73.0 cm³/mol. The van der Waals surface area contributed by atoms with Crippen LogP contribution in [-0.2, 0) is 15.9 Å². The van der Waals surface area contributed by atoms with E-state index in [-0.39, 0.29) is 5.97 Å². The van der Waals surface area contributed by atoms with Crippen LogP contribution in [-0.4, -0.2) is 32.3 Å². The van der Waals surface area contributed by atoms with Gasteiger partial charge < -0.3 is 15.2 Å². The van der Waals surface area contributed by atoms with Crippen LogP contribution >= 0.6 is 0 Å². The molecule has 1 aromatic rings. The first-order valence-electron chi connectivity index (χ1n) is 6.83. The largest absolute Gasteiger partial charge is 0.462 e. The molecular formula is C15H21NO3. The summed E-state index contributed by atoms with van der Waals surface area (Å²) in [7, 11) is 0. The van der Waals surface area contributed by atoms with Crippen LogP contribution in [0.3, 0.4) is 0 Å². The van der Waals surface area contributed by atoms with Gasteiger partial charge in [0.15, 0.2) is 0 Å². The standard InChI is InChI=1S/C15H21NO3/c16-8-5-12-1-3-14(4-2-12)15(17)19-11-13-6-9-18-10-7-13/h1-4,13H,5-11,16H2. The number of benzene rings is 1. The average Bonchev–Trinajstić information content (AvgIpc) is 2.47. The highest BCUT2D eigenvalue weighted by molar-refractivity contribution is 5.89. The summed E-state index contributed by atoms with van der Waals surface area (Å²) in [5.74, 6) is 0.194. The Morgan fingerprint density at radius 1 is 1.26 bits per heavy atom. The van der Waals surface area contributed by atoms with Gasteiger partial charge in [0.25, 0.3) is 0 Å². The van der Waals surface area contributed by atoms with Crippen molar-refractivity contribution < 1.29 is 14.3 Å². The van der Waals surface area contributed by atoms with Crippen LogP contribution in [0.15, 0.2) is 24.3 Å². The molecule has 0 saturated carbocycles. The van der Waals surface area contributed by atoms with Gasteiger partial charge in [0, 0.05) is 13.2 Å². The topological polar surface area (TPSA) is 61.6 Å². The van der Waals surface area contributed by atoms with Gasteiger partial charge in [0.05, 0.1) is 12.2 Å². The first kappa shape index (κ1) is 14.0. The van der Waals surface area contributed by atoms with Crippen molar-refractivity contribution in [2.24, 2.45) is 11.7 Å². The highest BCUT2D eigenvalue weighted by Crippen LogP contribution is 2.15. The van der Waals surface area contributed by atoms with E-state index in [0.717, 1.165) is 38.0 Å². The smallest absolute Gasteiger partial charge is 0.338 e. The van der Waals surface area contributed by atoms with Crippen molar-refractivity contribution in [3.63, 3.8) is 0 Å². The molecule has 1 saturated heterocycles. The van der Waals surface area contributed by atoms with Gasteiger partial charge in [-0.25, -0.2) is 4.79 Å². The second kappa shape index (κ2) is 7.26. The van der Waals surface area contributed by atoms with Crippen LogP contribution in [0, 0.1) is 5.92 Å². The fraction of sp³-hybridized carbons (Fsp3) is 0.533. The lowest BCUT2D eigenvalue weighted by Crippen LogP contribution is -2.21. The third-order valence-electron chi connectivity index (χ3n) is 3.41. The van der Waals surface area contributed by atoms with E-state index >= 15 is 0 Å². The summed E-state index contributed by atoms with van der Waals surface area (Å²) >= 11 is 0. The lowest BCUT2D eigenvalue weighted by molar-refractivity contribution is 0.0185. The summed E-state index contributed by atoms with van der Waals surface area (Å²) in [6.45, 7) is 2.66. The van der Waals surface area contributed by atoms with Crippen molar-refractivity contribution in [3.05, 3.63) is 35.4 Å². The molecule has 2 rings (SSSR count). The quantitative estimate of drug-likeness (QED) is 0.822. The number of rotatable bonds is 5. The molecule has 0 unspecified atom stereocenters. The summed E-state index contributed by atoms with van der Waals surface area (Å²) in [6.07, 6.45) is 2.78. The Bertz CT molecular complexity index is 396. The molecule has 2 N–H and O–H groups in total. The maximum Gasteiger partial charge on any atom is 0.338 e. The van der Waals surface area contributed by atoms with Crippen LogP contribution in [0.25, 0.3) is 0 Å². The summed E-state index contributed by atoms with van der Waals surface area (Å²) < 4.78 is 10.6. The van der Waals surface area contributed by atoms with E-state index in [1.165, 1.54) is 0 Å². The average molecular weight is 263 g/mol. The minimum atomic E-state index is -0.245. The molecule has 0 aliphatic carbocycles. The van der Waals surface area contributed by atoms with Crippen molar-refractivity contribution in [1.82, 2.24) is 0 Å². The molecule has 0 radical (unpaired) electrons. The summed E-state index contributed by atoms with van der Waals surface area (Å²) in [4.78, 5) is 11.9. The Morgan fingerprint density at radius 3 is 2.58 bits per heavy atom. The zero-order chi connectivity index (χ0) is 13.5. The van der Waals surface area contributed by atoms with E-state index in [1.54, 1.807) is 12.1 Å². The molecule has 0 atom stereocenters. The van der Waals surface area contributed by atoms with Crippen LogP contribution in [0.5, 0.6) is 0 Å². The van der Waals surface area contributed by atoms with E-state index in [4.69, 9.17) is 15.2 Å². The number of nitrogens with two attached hydrogens (primary N) is 1. The number of ether oxygens (including phenoxy) is 2. The summed E-state index contributed by atoms with van der Waals surface area (Å²) in [5, 5.41) is 0. The first-order valence-corrected chi connectivity index (χ1v) is 6.83. The molecule has 4 nitrogen and oxygen atoms in total. The third-order valence-corrected chi connectivity index (χ3v) is 3.41. The second-order valence-electron chi connectivity index (χ2n) is 4.89. The molecule has 19 heavy (non-hydrogen) atoms. The Hall–Kier alpha value is -1.39. The minimum Gasteiger partial charge on any atom is -0.462 e. The Labute approximate surface area is 113 Å². The second-order valence-corrected chi connectivity index (χ2v) is 4.89. The molecule has 1 aromatic carbocycles. The monoisotopic (exact) mass is 263 g/mol. The van der Waals surface area contributed by atoms with E-state index in [1.807, 2.05) is 12.1 Å². The molecule has 1 heterocycles. The van der Waals surface area contributed by atoms with Crippen LogP contribution in [0.4, 0.5) is 0 Å². The number of carbonyl (C=O) groups excluding carboxylic acids is 1. The number of hydrogen-bond donors (Lipinski definition) is 1. The maximum absolute atomic E-state index is 11.9. The highest BCUT2D eigenvalue weighted by atomic mass is 16.5. The van der Waals surface area contributed by atoms with Gasteiger partial charge in [-0.05, 0) is 49.4 Å². The SMILES string of the molecule is NCCc1ccc(C(=O)OCC2CCOCC2)cc1. The minimum absolute atomic E-state index is 0.245. The van der Waals surface area contributed by atoms with Crippen LogP contribution in [0.1, 0.15) is 28.8 Å². The zero-order valence-corrected chi connectivity index (χ0v) is 11.1. The molecule has 0 amide bonds. The zero-order valence-electron chi connectivity index (χ0n) is 11.1. The van der Waals surface area contributed by atoms with Gasteiger partial charge in [-0.2, -0.15) is 0 Å². The van der Waals surface area contributed by atoms with Crippen molar-refractivity contribution in [1.29, 1.82) is 0 Å². The van der Waals surface area contributed by atoms with Gasteiger partial charge in [-0.1, -0.05) is 12.1 Å². The van der Waals surface area contributed by atoms with Gasteiger partial charge >= 0.3 is 5.97 Å². The molecular weight excluding hydrogens is 242 g/mol. The molecule has 0 aromatic heterocycles. The predicted octanol–water partition coefficient (Wildman–Crippen LogP) is 1.77. The summed E-state index contributed by atoms with van der Waals surface area (Å²) in [5.41, 5.74) is 7.23. The molecule has 1 aliphatic rings. The van der Waals surface area contributed by atoms with E-state index in [9.17, 15) is 4.79 Å². The lowest BCUT2D eigenvalue weighted by atomic mass is 10.0. The molecule has 104 valence electrons. The van der Waals surface area contributed by atoms with Crippen molar-refractivity contribution in [2.75, 3.05) is 26.4 Å². The molecule has 4 heteroatoms. The fourth-order valence-corrected chi connectivity index (χ4v) is 2.16. The normalized spacial score (nSPS) is 16.3. The number of carbonyl (C=O) groups is 1. The Kier molecular flexibility index (Phi) is 5.36. The van der Waals surface area contributed by atoms with Gasteiger partial charge in [-0.3, -0.25) is 0 Å². The van der Waals surface area contributed by atoms with Gasteiger partial charge in [-0.15, -0.1) is 0 Å². The first-order chi connectivity index (χ1) is 9.29. The van der Waals surface area contributed by atoms with Gasteiger partial charge in [0.2, 0.25) is 0 Å². The number of esters is 1.